The molecule has 1 atom stereocenters. The molecule has 24 heavy (non-hydrogen) atoms. The Balaban J connectivity index is 1.46. The summed E-state index contributed by atoms with van der Waals surface area (Å²) in [4.78, 5) is 6.61. The van der Waals surface area contributed by atoms with Gasteiger partial charge in [0.15, 0.2) is 5.82 Å². The molecule has 2 aliphatic heterocycles. The van der Waals surface area contributed by atoms with Gasteiger partial charge >= 0.3 is 0 Å². The molecule has 0 amide bonds. The molecule has 0 bridgehead atoms. The third kappa shape index (κ3) is 3.01. The van der Waals surface area contributed by atoms with E-state index in [1.54, 1.807) is 12.4 Å². The summed E-state index contributed by atoms with van der Waals surface area (Å²) in [6.45, 7) is 6.31. The molecule has 2 aromatic rings. The van der Waals surface area contributed by atoms with Crippen molar-refractivity contribution in [3.8, 4) is 5.75 Å². The van der Waals surface area contributed by atoms with Crippen LogP contribution in [0.3, 0.4) is 0 Å². The summed E-state index contributed by atoms with van der Waals surface area (Å²) in [6, 6.07) is 4.63. The van der Waals surface area contributed by atoms with Crippen molar-refractivity contribution in [3.05, 3.63) is 36.2 Å². The fourth-order valence-electron chi connectivity index (χ4n) is 3.66. The van der Waals surface area contributed by atoms with Gasteiger partial charge in [-0.25, -0.2) is 0 Å². The van der Waals surface area contributed by atoms with Gasteiger partial charge in [-0.15, -0.1) is 10.2 Å². The van der Waals surface area contributed by atoms with Crippen LogP contribution in [-0.2, 0) is 17.9 Å². The van der Waals surface area contributed by atoms with Crippen molar-refractivity contribution in [2.24, 2.45) is 0 Å². The number of hydrogen-bond donors (Lipinski definition) is 0. The van der Waals surface area contributed by atoms with Gasteiger partial charge in [0.1, 0.15) is 18.2 Å². The van der Waals surface area contributed by atoms with Crippen molar-refractivity contribution in [1.82, 2.24) is 24.6 Å². The number of hydrogen-bond acceptors (Lipinski definition) is 6. The molecule has 2 aromatic heterocycles. The molecule has 0 radical (unpaired) electrons. The predicted molar refractivity (Wildman–Crippen MR) is 87.6 cm³/mol. The molecule has 0 aromatic carbocycles. The first kappa shape index (κ1) is 15.5. The summed E-state index contributed by atoms with van der Waals surface area (Å²) >= 11 is 0. The molecule has 0 aliphatic carbocycles. The van der Waals surface area contributed by atoms with E-state index < -0.39 is 0 Å². The largest absolute Gasteiger partial charge is 0.484 e. The lowest BCUT2D eigenvalue weighted by Gasteiger charge is -2.41. The zero-order chi connectivity index (χ0) is 16.4. The van der Waals surface area contributed by atoms with Crippen LogP contribution in [0.4, 0.5) is 0 Å². The summed E-state index contributed by atoms with van der Waals surface area (Å²) < 4.78 is 13.5. The Hall–Kier alpha value is -1.99. The van der Waals surface area contributed by atoms with E-state index in [0.29, 0.717) is 12.6 Å². The van der Waals surface area contributed by atoms with E-state index in [1.807, 2.05) is 12.1 Å². The molecule has 7 heteroatoms. The van der Waals surface area contributed by atoms with E-state index in [2.05, 4.69) is 31.6 Å². The van der Waals surface area contributed by atoms with Gasteiger partial charge in [-0.3, -0.25) is 9.88 Å². The molecule has 0 spiro atoms. The van der Waals surface area contributed by atoms with Gasteiger partial charge in [0.25, 0.3) is 0 Å². The third-order valence-corrected chi connectivity index (χ3v) is 4.97. The monoisotopic (exact) mass is 329 g/mol. The van der Waals surface area contributed by atoms with Gasteiger partial charge in [-0.05, 0) is 31.9 Å². The molecule has 7 nitrogen and oxygen atoms in total. The van der Waals surface area contributed by atoms with Crippen molar-refractivity contribution in [2.75, 3.05) is 19.8 Å². The van der Waals surface area contributed by atoms with Gasteiger partial charge in [0, 0.05) is 38.5 Å². The zero-order valence-electron chi connectivity index (χ0n) is 14.0. The van der Waals surface area contributed by atoms with Crippen LogP contribution in [-0.4, -0.2) is 50.4 Å². The van der Waals surface area contributed by atoms with Crippen molar-refractivity contribution < 1.29 is 9.47 Å². The maximum absolute atomic E-state index is 5.78. The Morgan fingerprint density at radius 1 is 1.25 bits per heavy atom. The third-order valence-electron chi connectivity index (χ3n) is 4.97. The van der Waals surface area contributed by atoms with Crippen LogP contribution in [0.2, 0.25) is 0 Å². The first-order chi connectivity index (χ1) is 11.8. The summed E-state index contributed by atoms with van der Waals surface area (Å²) in [7, 11) is 0. The van der Waals surface area contributed by atoms with Crippen molar-refractivity contribution in [3.63, 3.8) is 0 Å². The smallest absolute Gasteiger partial charge is 0.171 e. The molecule has 4 rings (SSSR count). The quantitative estimate of drug-likeness (QED) is 0.852. The average Bonchev–Trinajstić information content (AvgIpc) is 3.06. The summed E-state index contributed by atoms with van der Waals surface area (Å²) in [5, 5.41) is 8.80. The highest BCUT2D eigenvalue weighted by atomic mass is 16.5. The molecule has 0 unspecified atom stereocenters. The molecule has 2 aliphatic rings. The molecule has 1 fully saturated rings. The van der Waals surface area contributed by atoms with Crippen LogP contribution in [0.25, 0.3) is 0 Å². The molecule has 4 heterocycles. The SMILES string of the molecule is C[C@@H]1c2nnc(COc3cccnc3)n2CCN1C1CCOCC1. The number of ether oxygens (including phenoxy) is 2. The fraction of sp³-hybridized carbons (Fsp3) is 0.588. The van der Waals surface area contributed by atoms with Crippen LogP contribution in [0.5, 0.6) is 5.75 Å². The Kier molecular flexibility index (Phi) is 4.44. The number of rotatable bonds is 4. The normalized spacial score (nSPS) is 22.3. The number of pyridine rings is 1. The van der Waals surface area contributed by atoms with Crippen molar-refractivity contribution >= 4 is 0 Å². The maximum Gasteiger partial charge on any atom is 0.171 e. The molecule has 0 saturated carbocycles. The van der Waals surface area contributed by atoms with Gasteiger partial charge in [0.05, 0.1) is 12.2 Å². The van der Waals surface area contributed by atoms with Gasteiger partial charge in [-0.2, -0.15) is 0 Å². The minimum atomic E-state index is 0.279. The van der Waals surface area contributed by atoms with Crippen LogP contribution >= 0.6 is 0 Å². The highest BCUT2D eigenvalue weighted by molar-refractivity contribution is 5.16. The van der Waals surface area contributed by atoms with E-state index in [4.69, 9.17) is 9.47 Å². The topological polar surface area (TPSA) is 65.3 Å². The maximum atomic E-state index is 5.78. The molecule has 1 saturated heterocycles. The lowest BCUT2D eigenvalue weighted by atomic mass is 10.0. The van der Waals surface area contributed by atoms with E-state index in [9.17, 15) is 0 Å². The Morgan fingerprint density at radius 3 is 2.92 bits per heavy atom. The second-order valence-electron chi connectivity index (χ2n) is 6.36. The van der Waals surface area contributed by atoms with Crippen LogP contribution in [0.1, 0.15) is 37.5 Å². The summed E-state index contributed by atoms with van der Waals surface area (Å²) in [5.74, 6) is 2.67. The molecular formula is C17H23N5O2. The average molecular weight is 329 g/mol. The van der Waals surface area contributed by atoms with Crippen LogP contribution in [0, 0.1) is 0 Å². The Morgan fingerprint density at radius 2 is 2.12 bits per heavy atom. The number of fused-ring (bicyclic) bond motifs is 1. The number of aromatic nitrogens is 4. The van der Waals surface area contributed by atoms with E-state index in [1.165, 1.54) is 0 Å². The van der Waals surface area contributed by atoms with Crippen molar-refractivity contribution in [2.45, 2.75) is 45.0 Å². The van der Waals surface area contributed by atoms with Crippen LogP contribution < -0.4 is 4.74 Å². The molecule has 0 N–H and O–H groups in total. The van der Waals surface area contributed by atoms with Gasteiger partial charge in [0.2, 0.25) is 0 Å². The first-order valence-corrected chi connectivity index (χ1v) is 8.61. The standard InChI is InChI=1S/C17H23N5O2/c1-13-17-20-19-16(12-24-15-3-2-6-18-11-15)22(17)8-7-21(13)14-4-9-23-10-5-14/h2-3,6,11,13-14H,4-5,7-10,12H2,1H3/t13-/m1/s1. The van der Waals surface area contributed by atoms with Gasteiger partial charge in [-0.1, -0.05) is 0 Å². The first-order valence-electron chi connectivity index (χ1n) is 8.61. The van der Waals surface area contributed by atoms with Crippen LogP contribution in [0.15, 0.2) is 24.5 Å². The lowest BCUT2D eigenvalue weighted by molar-refractivity contribution is 0.00852. The molecular weight excluding hydrogens is 306 g/mol. The summed E-state index contributed by atoms with van der Waals surface area (Å²) in [5.41, 5.74) is 0. The Bertz CT molecular complexity index is 669. The van der Waals surface area contributed by atoms with Crippen molar-refractivity contribution in [1.29, 1.82) is 0 Å². The minimum absolute atomic E-state index is 0.279. The highest BCUT2D eigenvalue weighted by Gasteiger charge is 2.33. The van der Waals surface area contributed by atoms with E-state index in [0.717, 1.165) is 56.5 Å². The van der Waals surface area contributed by atoms with Gasteiger partial charge < -0.3 is 14.0 Å². The number of nitrogens with zero attached hydrogens (tertiary/aromatic N) is 5. The lowest BCUT2D eigenvalue weighted by Crippen LogP contribution is -2.46. The Labute approximate surface area is 141 Å². The summed E-state index contributed by atoms with van der Waals surface area (Å²) in [6.07, 6.45) is 5.66. The van der Waals surface area contributed by atoms with E-state index in [-0.39, 0.29) is 6.04 Å². The predicted octanol–water partition coefficient (Wildman–Crippen LogP) is 1.81. The highest BCUT2D eigenvalue weighted by Crippen LogP contribution is 2.29. The second-order valence-corrected chi connectivity index (χ2v) is 6.36. The van der Waals surface area contributed by atoms with E-state index >= 15 is 0 Å². The molecule has 128 valence electrons. The second kappa shape index (κ2) is 6.86. The minimum Gasteiger partial charge on any atom is -0.484 e. The fourth-order valence-corrected chi connectivity index (χ4v) is 3.66. The zero-order valence-corrected chi connectivity index (χ0v) is 14.0.